The summed E-state index contributed by atoms with van der Waals surface area (Å²) in [7, 11) is 0. The molecule has 0 fully saturated rings. The Kier molecular flexibility index (Phi) is 6.10. The molecule has 1 aliphatic heterocycles. The van der Waals surface area contributed by atoms with E-state index in [1.54, 1.807) is 6.08 Å². The lowest BCUT2D eigenvalue weighted by Crippen LogP contribution is -2.05. The Balaban J connectivity index is 1.45. The van der Waals surface area contributed by atoms with Crippen LogP contribution in [0.1, 0.15) is 16.7 Å². The first-order valence-corrected chi connectivity index (χ1v) is 10.7. The van der Waals surface area contributed by atoms with Crippen LogP contribution in [-0.2, 0) is 16.1 Å². The quantitative estimate of drug-likeness (QED) is 0.219. The van der Waals surface area contributed by atoms with E-state index in [1.807, 2.05) is 72.8 Å². The van der Waals surface area contributed by atoms with Crippen LogP contribution in [-0.4, -0.2) is 11.9 Å². The molecular weight excluding hydrogens is 545 g/mol. The van der Waals surface area contributed by atoms with E-state index in [9.17, 15) is 4.79 Å². The van der Waals surface area contributed by atoms with Crippen molar-refractivity contribution >= 4 is 56.5 Å². The Labute approximate surface area is 190 Å². The van der Waals surface area contributed by atoms with Gasteiger partial charge in [-0.25, -0.2) is 9.79 Å². The number of esters is 1. The van der Waals surface area contributed by atoms with Crippen LogP contribution in [0.2, 0.25) is 0 Å². The van der Waals surface area contributed by atoms with Gasteiger partial charge in [0, 0.05) is 13.6 Å². The molecule has 1 heterocycles. The van der Waals surface area contributed by atoms with Gasteiger partial charge >= 0.3 is 5.97 Å². The summed E-state index contributed by atoms with van der Waals surface area (Å²) in [4.78, 5) is 16.5. The fraction of sp³-hybridized carbons (Fsp3) is 0.0435. The number of rotatable bonds is 5. The molecule has 3 aromatic rings. The molecule has 0 bridgehead atoms. The molecule has 144 valence electrons. The Morgan fingerprint density at radius 1 is 1.03 bits per heavy atom. The number of halogens is 2. The molecule has 0 amide bonds. The third-order valence-electron chi connectivity index (χ3n) is 4.19. The van der Waals surface area contributed by atoms with Crippen LogP contribution < -0.4 is 4.74 Å². The van der Waals surface area contributed by atoms with Crippen LogP contribution in [0.15, 0.2) is 88.0 Å². The van der Waals surface area contributed by atoms with Crippen LogP contribution in [0.4, 0.5) is 0 Å². The molecular formula is C23H15BrINO3. The summed E-state index contributed by atoms with van der Waals surface area (Å²) >= 11 is 5.68. The van der Waals surface area contributed by atoms with Gasteiger partial charge in [-0.05, 0) is 88.3 Å². The summed E-state index contributed by atoms with van der Waals surface area (Å²) in [6.07, 6.45) is 1.71. The topological polar surface area (TPSA) is 47.9 Å². The highest BCUT2D eigenvalue weighted by atomic mass is 127. The first-order chi connectivity index (χ1) is 14.1. The number of carbonyl (C=O) groups is 1. The minimum Gasteiger partial charge on any atom is -0.489 e. The number of aliphatic imine (C=N–C) groups is 1. The lowest BCUT2D eigenvalue weighted by Gasteiger charge is -2.07. The molecule has 1 aliphatic rings. The van der Waals surface area contributed by atoms with E-state index < -0.39 is 5.97 Å². The number of benzene rings is 3. The van der Waals surface area contributed by atoms with E-state index in [4.69, 9.17) is 9.47 Å². The molecule has 4 nitrogen and oxygen atoms in total. The Hall–Kier alpha value is -2.45. The van der Waals surface area contributed by atoms with Gasteiger partial charge in [-0.2, -0.15) is 0 Å². The van der Waals surface area contributed by atoms with Gasteiger partial charge in [-0.15, -0.1) is 0 Å². The predicted molar refractivity (Wildman–Crippen MR) is 125 cm³/mol. The summed E-state index contributed by atoms with van der Waals surface area (Å²) in [5.74, 6) is 0.629. The maximum absolute atomic E-state index is 12.1. The summed E-state index contributed by atoms with van der Waals surface area (Å²) in [6.45, 7) is 0.482. The van der Waals surface area contributed by atoms with Crippen molar-refractivity contribution in [1.29, 1.82) is 0 Å². The Bertz CT molecular complexity index is 1110. The van der Waals surface area contributed by atoms with Gasteiger partial charge in [0.25, 0.3) is 0 Å². The molecule has 0 aromatic heterocycles. The molecule has 3 aromatic carbocycles. The van der Waals surface area contributed by atoms with E-state index in [2.05, 4.69) is 43.5 Å². The van der Waals surface area contributed by atoms with Crippen molar-refractivity contribution in [2.45, 2.75) is 6.61 Å². The van der Waals surface area contributed by atoms with E-state index in [-0.39, 0.29) is 5.70 Å². The first-order valence-electron chi connectivity index (χ1n) is 8.83. The van der Waals surface area contributed by atoms with Crippen LogP contribution in [0.3, 0.4) is 0 Å². The third-order valence-corrected chi connectivity index (χ3v) is 5.40. The second-order valence-corrected chi connectivity index (χ2v) is 8.49. The van der Waals surface area contributed by atoms with Crippen molar-refractivity contribution in [2.24, 2.45) is 4.99 Å². The minimum absolute atomic E-state index is 0.279. The van der Waals surface area contributed by atoms with Crippen molar-refractivity contribution in [2.75, 3.05) is 0 Å². The van der Waals surface area contributed by atoms with Gasteiger partial charge in [0.2, 0.25) is 5.90 Å². The summed E-state index contributed by atoms with van der Waals surface area (Å²) in [6, 6.07) is 23.2. The third kappa shape index (κ3) is 5.13. The van der Waals surface area contributed by atoms with Gasteiger partial charge < -0.3 is 9.47 Å². The SMILES string of the molecule is O=C1OC(c2ccc(I)cc2)=N/C1=C\c1ccc(OCc2cccc(Br)c2)cc1. The van der Waals surface area contributed by atoms with Crippen molar-refractivity contribution < 1.29 is 14.3 Å². The molecule has 0 saturated carbocycles. The Morgan fingerprint density at radius 3 is 2.52 bits per heavy atom. The molecule has 29 heavy (non-hydrogen) atoms. The van der Waals surface area contributed by atoms with E-state index in [1.165, 1.54) is 0 Å². The zero-order valence-electron chi connectivity index (χ0n) is 15.1. The molecule has 0 N–H and O–H groups in total. The monoisotopic (exact) mass is 559 g/mol. The average molecular weight is 560 g/mol. The highest BCUT2D eigenvalue weighted by Crippen LogP contribution is 2.22. The van der Waals surface area contributed by atoms with Crippen LogP contribution in [0.25, 0.3) is 6.08 Å². The standard InChI is InChI=1S/C23H15BrINO3/c24-18-3-1-2-16(12-18)14-28-20-10-4-15(5-11-20)13-21-23(27)29-22(26-21)17-6-8-19(25)9-7-17/h1-13H,14H2/b21-13-. The van der Waals surface area contributed by atoms with Gasteiger partial charge in [0.1, 0.15) is 12.4 Å². The molecule has 0 unspecified atom stereocenters. The highest BCUT2D eigenvalue weighted by molar-refractivity contribution is 14.1. The number of hydrogen-bond acceptors (Lipinski definition) is 4. The summed E-state index contributed by atoms with van der Waals surface area (Å²) < 4.78 is 13.2. The number of ether oxygens (including phenoxy) is 2. The summed E-state index contributed by atoms with van der Waals surface area (Å²) in [5.41, 5.74) is 2.98. The fourth-order valence-electron chi connectivity index (χ4n) is 2.74. The molecule has 0 atom stereocenters. The van der Waals surface area contributed by atoms with Crippen molar-refractivity contribution in [3.05, 3.63) is 103 Å². The molecule has 6 heteroatoms. The maximum Gasteiger partial charge on any atom is 0.363 e. The van der Waals surface area contributed by atoms with Crippen LogP contribution in [0, 0.1) is 3.57 Å². The van der Waals surface area contributed by atoms with E-state index in [0.29, 0.717) is 12.5 Å². The zero-order chi connectivity index (χ0) is 20.2. The summed E-state index contributed by atoms with van der Waals surface area (Å²) in [5, 5.41) is 0. The number of hydrogen-bond donors (Lipinski definition) is 0. The number of cyclic esters (lactones) is 1. The van der Waals surface area contributed by atoms with Gasteiger partial charge in [-0.3, -0.25) is 0 Å². The maximum atomic E-state index is 12.1. The predicted octanol–water partition coefficient (Wildman–Crippen LogP) is 5.98. The fourth-order valence-corrected chi connectivity index (χ4v) is 3.54. The van der Waals surface area contributed by atoms with Crippen LogP contribution in [0.5, 0.6) is 5.75 Å². The first kappa shape index (κ1) is 19.8. The zero-order valence-corrected chi connectivity index (χ0v) is 18.9. The molecule has 0 radical (unpaired) electrons. The Morgan fingerprint density at radius 2 is 1.79 bits per heavy atom. The number of nitrogens with zero attached hydrogens (tertiary/aromatic N) is 1. The molecule has 0 saturated heterocycles. The molecule has 0 spiro atoms. The van der Waals surface area contributed by atoms with Gasteiger partial charge in [0.15, 0.2) is 5.70 Å². The highest BCUT2D eigenvalue weighted by Gasteiger charge is 2.24. The minimum atomic E-state index is -0.450. The largest absolute Gasteiger partial charge is 0.489 e. The lowest BCUT2D eigenvalue weighted by molar-refractivity contribution is -0.129. The smallest absolute Gasteiger partial charge is 0.363 e. The normalized spacial score (nSPS) is 14.6. The molecule has 4 rings (SSSR count). The lowest BCUT2D eigenvalue weighted by atomic mass is 10.2. The van der Waals surface area contributed by atoms with Crippen molar-refractivity contribution in [3.63, 3.8) is 0 Å². The average Bonchev–Trinajstić information content (AvgIpc) is 3.08. The number of carbonyl (C=O) groups excluding carboxylic acids is 1. The van der Waals surface area contributed by atoms with Crippen molar-refractivity contribution in [3.8, 4) is 5.75 Å². The second-order valence-electron chi connectivity index (χ2n) is 6.33. The molecule has 0 aliphatic carbocycles. The van der Waals surface area contributed by atoms with E-state index in [0.717, 1.165) is 30.5 Å². The van der Waals surface area contributed by atoms with E-state index >= 15 is 0 Å². The van der Waals surface area contributed by atoms with Crippen LogP contribution >= 0.6 is 38.5 Å². The second kappa shape index (κ2) is 8.92. The van der Waals surface area contributed by atoms with Gasteiger partial charge in [-0.1, -0.05) is 40.2 Å². The van der Waals surface area contributed by atoms with Gasteiger partial charge in [0.05, 0.1) is 0 Å². The van der Waals surface area contributed by atoms with Crippen molar-refractivity contribution in [1.82, 2.24) is 0 Å².